The third-order valence-corrected chi connectivity index (χ3v) is 4.21. The van der Waals surface area contributed by atoms with Crippen LogP contribution >= 0.6 is 27.3 Å². The standard InChI is InChI=1S/C15H9BrN2O2S/c16-11-3-1-2-9(6-11)13-8-21-14(18-13)12-7-10(15(19)20)4-5-17-12/h1-8H,(H,19,20). The highest BCUT2D eigenvalue weighted by Crippen LogP contribution is 2.29. The monoisotopic (exact) mass is 360 g/mol. The normalized spacial score (nSPS) is 10.5. The number of rotatable bonds is 3. The molecular formula is C15H9BrN2O2S. The van der Waals surface area contributed by atoms with E-state index in [1.807, 2.05) is 29.6 Å². The van der Waals surface area contributed by atoms with Crippen LogP contribution in [0, 0.1) is 0 Å². The van der Waals surface area contributed by atoms with Crippen LogP contribution in [0.2, 0.25) is 0 Å². The lowest BCUT2D eigenvalue weighted by Crippen LogP contribution is -1.97. The third kappa shape index (κ3) is 3.01. The van der Waals surface area contributed by atoms with Crippen molar-refractivity contribution in [2.45, 2.75) is 0 Å². The molecule has 0 atom stereocenters. The molecule has 4 nitrogen and oxygen atoms in total. The van der Waals surface area contributed by atoms with Gasteiger partial charge in [0, 0.05) is 21.6 Å². The molecule has 0 saturated carbocycles. The van der Waals surface area contributed by atoms with Crippen LogP contribution in [0.25, 0.3) is 22.0 Å². The Balaban J connectivity index is 1.98. The molecule has 0 bridgehead atoms. The maximum atomic E-state index is 11.0. The molecule has 21 heavy (non-hydrogen) atoms. The molecule has 3 rings (SSSR count). The van der Waals surface area contributed by atoms with Gasteiger partial charge >= 0.3 is 5.97 Å². The molecule has 2 heterocycles. The summed E-state index contributed by atoms with van der Waals surface area (Å²) in [6.07, 6.45) is 1.49. The van der Waals surface area contributed by atoms with E-state index in [1.54, 1.807) is 0 Å². The van der Waals surface area contributed by atoms with E-state index in [2.05, 4.69) is 25.9 Å². The Morgan fingerprint density at radius 3 is 2.81 bits per heavy atom. The Hall–Kier alpha value is -2.05. The molecule has 1 aromatic carbocycles. The quantitative estimate of drug-likeness (QED) is 0.754. The second-order valence-electron chi connectivity index (χ2n) is 4.28. The number of aromatic carboxylic acids is 1. The number of carboxylic acids is 1. The van der Waals surface area contributed by atoms with Crippen molar-refractivity contribution in [3.05, 3.63) is 58.0 Å². The van der Waals surface area contributed by atoms with Crippen molar-refractivity contribution < 1.29 is 9.90 Å². The van der Waals surface area contributed by atoms with Gasteiger partial charge in [-0.2, -0.15) is 0 Å². The zero-order valence-corrected chi connectivity index (χ0v) is 13.1. The minimum Gasteiger partial charge on any atom is -0.478 e. The average molecular weight is 361 g/mol. The van der Waals surface area contributed by atoms with E-state index in [0.717, 1.165) is 15.7 Å². The summed E-state index contributed by atoms with van der Waals surface area (Å²) in [6.45, 7) is 0. The number of pyridine rings is 1. The number of hydrogen-bond acceptors (Lipinski definition) is 4. The summed E-state index contributed by atoms with van der Waals surface area (Å²) in [5.74, 6) is -0.970. The molecule has 0 spiro atoms. The predicted octanol–water partition coefficient (Wildman–Crippen LogP) is 4.33. The lowest BCUT2D eigenvalue weighted by atomic mass is 10.2. The molecule has 0 aliphatic carbocycles. The molecule has 6 heteroatoms. The summed E-state index contributed by atoms with van der Waals surface area (Å²) in [5.41, 5.74) is 2.63. The SMILES string of the molecule is O=C(O)c1ccnc(-c2nc(-c3cccc(Br)c3)cs2)c1. The van der Waals surface area contributed by atoms with Gasteiger partial charge in [0.1, 0.15) is 5.01 Å². The summed E-state index contributed by atoms with van der Waals surface area (Å²) in [6, 6.07) is 10.9. The molecule has 1 N–H and O–H groups in total. The van der Waals surface area contributed by atoms with Crippen LogP contribution in [-0.2, 0) is 0 Å². The van der Waals surface area contributed by atoms with Crippen molar-refractivity contribution >= 4 is 33.2 Å². The first-order valence-corrected chi connectivity index (χ1v) is 7.72. The first-order chi connectivity index (χ1) is 10.1. The fraction of sp³-hybridized carbons (Fsp3) is 0. The predicted molar refractivity (Wildman–Crippen MR) is 85.4 cm³/mol. The summed E-state index contributed by atoms with van der Waals surface area (Å²) in [5, 5.41) is 11.7. The first kappa shape index (κ1) is 13.9. The van der Waals surface area contributed by atoms with Crippen LogP contribution in [-0.4, -0.2) is 21.0 Å². The van der Waals surface area contributed by atoms with Gasteiger partial charge in [-0.25, -0.2) is 9.78 Å². The molecule has 0 saturated heterocycles. The zero-order chi connectivity index (χ0) is 14.8. The van der Waals surface area contributed by atoms with Crippen LogP contribution in [0.3, 0.4) is 0 Å². The van der Waals surface area contributed by atoms with E-state index >= 15 is 0 Å². The largest absolute Gasteiger partial charge is 0.478 e. The van der Waals surface area contributed by atoms with Crippen molar-refractivity contribution in [2.24, 2.45) is 0 Å². The Bertz CT molecular complexity index is 817. The number of benzene rings is 1. The van der Waals surface area contributed by atoms with Gasteiger partial charge in [-0.3, -0.25) is 4.98 Å². The smallest absolute Gasteiger partial charge is 0.335 e. The highest BCUT2D eigenvalue weighted by atomic mass is 79.9. The molecule has 3 aromatic rings. The lowest BCUT2D eigenvalue weighted by Gasteiger charge is -1.98. The van der Waals surface area contributed by atoms with E-state index in [4.69, 9.17) is 5.11 Å². The van der Waals surface area contributed by atoms with E-state index in [1.165, 1.54) is 29.7 Å². The highest BCUT2D eigenvalue weighted by Gasteiger charge is 2.10. The van der Waals surface area contributed by atoms with Gasteiger partial charge in [-0.05, 0) is 24.3 Å². The zero-order valence-electron chi connectivity index (χ0n) is 10.7. The third-order valence-electron chi connectivity index (χ3n) is 2.85. The van der Waals surface area contributed by atoms with Crippen LogP contribution in [0.5, 0.6) is 0 Å². The van der Waals surface area contributed by atoms with E-state index in [0.29, 0.717) is 10.7 Å². The second-order valence-corrected chi connectivity index (χ2v) is 6.06. The van der Waals surface area contributed by atoms with Gasteiger partial charge in [-0.1, -0.05) is 28.1 Å². The van der Waals surface area contributed by atoms with Gasteiger partial charge in [0.2, 0.25) is 0 Å². The molecule has 0 aliphatic rings. The number of aromatic nitrogens is 2. The highest BCUT2D eigenvalue weighted by molar-refractivity contribution is 9.10. The van der Waals surface area contributed by atoms with E-state index in [-0.39, 0.29) is 5.56 Å². The van der Waals surface area contributed by atoms with Crippen molar-refractivity contribution in [3.63, 3.8) is 0 Å². The summed E-state index contributed by atoms with van der Waals surface area (Å²) in [7, 11) is 0. The summed E-state index contributed by atoms with van der Waals surface area (Å²) >= 11 is 4.88. The van der Waals surface area contributed by atoms with Crippen molar-refractivity contribution in [1.29, 1.82) is 0 Å². The van der Waals surface area contributed by atoms with Crippen LogP contribution in [0.1, 0.15) is 10.4 Å². The number of halogens is 1. The van der Waals surface area contributed by atoms with E-state index < -0.39 is 5.97 Å². The van der Waals surface area contributed by atoms with Crippen LogP contribution in [0.4, 0.5) is 0 Å². The Kier molecular flexibility index (Phi) is 3.81. The number of nitrogens with zero attached hydrogens (tertiary/aromatic N) is 2. The molecule has 104 valence electrons. The van der Waals surface area contributed by atoms with Crippen molar-refractivity contribution in [3.8, 4) is 22.0 Å². The van der Waals surface area contributed by atoms with Gasteiger partial charge < -0.3 is 5.11 Å². The lowest BCUT2D eigenvalue weighted by molar-refractivity contribution is 0.0697. The Labute approximate surface area is 133 Å². The molecule has 0 fully saturated rings. The number of carboxylic acid groups (broad SMARTS) is 1. The number of thiazole rings is 1. The fourth-order valence-electron chi connectivity index (χ4n) is 1.85. The van der Waals surface area contributed by atoms with Gasteiger partial charge in [0.05, 0.1) is 17.0 Å². The molecular weight excluding hydrogens is 352 g/mol. The minimum absolute atomic E-state index is 0.208. The summed E-state index contributed by atoms with van der Waals surface area (Å²) in [4.78, 5) is 19.7. The first-order valence-electron chi connectivity index (χ1n) is 6.04. The molecule has 0 amide bonds. The average Bonchev–Trinajstić information content (AvgIpc) is 2.97. The van der Waals surface area contributed by atoms with Gasteiger partial charge in [-0.15, -0.1) is 11.3 Å². The molecule has 0 aliphatic heterocycles. The maximum absolute atomic E-state index is 11.0. The Morgan fingerprint density at radius 1 is 1.19 bits per heavy atom. The van der Waals surface area contributed by atoms with Crippen molar-refractivity contribution in [2.75, 3.05) is 0 Å². The van der Waals surface area contributed by atoms with E-state index in [9.17, 15) is 4.79 Å². The van der Waals surface area contributed by atoms with Crippen LogP contribution < -0.4 is 0 Å². The van der Waals surface area contributed by atoms with Gasteiger partial charge in [0.25, 0.3) is 0 Å². The number of hydrogen-bond donors (Lipinski definition) is 1. The van der Waals surface area contributed by atoms with Crippen molar-refractivity contribution in [1.82, 2.24) is 9.97 Å². The fourth-order valence-corrected chi connectivity index (χ4v) is 3.05. The summed E-state index contributed by atoms with van der Waals surface area (Å²) < 4.78 is 0.987. The topological polar surface area (TPSA) is 63.1 Å². The van der Waals surface area contributed by atoms with Crippen LogP contribution in [0.15, 0.2) is 52.4 Å². The molecule has 0 radical (unpaired) electrons. The second kappa shape index (κ2) is 5.75. The number of carbonyl (C=O) groups is 1. The molecule has 2 aromatic heterocycles. The maximum Gasteiger partial charge on any atom is 0.335 e. The molecule has 0 unspecified atom stereocenters. The Morgan fingerprint density at radius 2 is 2.05 bits per heavy atom. The minimum atomic E-state index is -0.970. The van der Waals surface area contributed by atoms with Gasteiger partial charge in [0.15, 0.2) is 0 Å².